The Bertz CT molecular complexity index is 237. The molecule has 0 spiro atoms. The molecular formula is C7H9NO2P+. The zero-order valence-electron chi connectivity index (χ0n) is 5.93. The van der Waals surface area contributed by atoms with E-state index < -0.39 is 8.03 Å². The van der Waals surface area contributed by atoms with Crippen molar-refractivity contribution in [2.24, 2.45) is 5.73 Å². The molecule has 0 heterocycles. The van der Waals surface area contributed by atoms with E-state index in [1.54, 1.807) is 12.1 Å². The molecule has 0 aromatic heterocycles. The van der Waals surface area contributed by atoms with Crippen LogP contribution in [0.1, 0.15) is 0 Å². The lowest BCUT2D eigenvalue weighted by Crippen LogP contribution is -1.95. The van der Waals surface area contributed by atoms with Crippen molar-refractivity contribution < 1.29 is 9.09 Å². The Morgan fingerprint density at radius 1 is 1.36 bits per heavy atom. The molecule has 1 unspecified atom stereocenters. The van der Waals surface area contributed by atoms with Crippen LogP contribution in [-0.4, -0.2) is 6.29 Å². The first kappa shape index (κ1) is 8.18. The predicted molar refractivity (Wildman–Crippen MR) is 43.7 cm³/mol. The van der Waals surface area contributed by atoms with Crippen molar-refractivity contribution in [1.82, 2.24) is 0 Å². The molecule has 58 valence electrons. The second-order valence-electron chi connectivity index (χ2n) is 1.92. The number of rotatable bonds is 3. The molecule has 1 aromatic rings. The lowest BCUT2D eigenvalue weighted by Gasteiger charge is -1.89. The third kappa shape index (κ3) is 2.66. The molecule has 0 aliphatic heterocycles. The van der Waals surface area contributed by atoms with Gasteiger partial charge in [0.1, 0.15) is 0 Å². The highest BCUT2D eigenvalue weighted by atomic mass is 31.1. The molecule has 0 aliphatic rings. The van der Waals surface area contributed by atoms with Gasteiger partial charge < -0.3 is 0 Å². The van der Waals surface area contributed by atoms with E-state index >= 15 is 0 Å². The smallest absolute Gasteiger partial charge is 0.287 e. The fourth-order valence-electron chi connectivity index (χ4n) is 0.636. The van der Waals surface area contributed by atoms with Crippen molar-refractivity contribution >= 4 is 8.03 Å². The SMILES string of the molecule is NC[P+](=O)Oc1ccccc1. The van der Waals surface area contributed by atoms with E-state index in [1.165, 1.54) is 0 Å². The van der Waals surface area contributed by atoms with Crippen molar-refractivity contribution in [2.45, 2.75) is 0 Å². The summed E-state index contributed by atoms with van der Waals surface area (Å²) in [6.07, 6.45) is 0.0597. The first-order valence-electron chi connectivity index (χ1n) is 3.20. The van der Waals surface area contributed by atoms with E-state index in [2.05, 4.69) is 0 Å². The summed E-state index contributed by atoms with van der Waals surface area (Å²) in [5.74, 6) is 0.596. The fraction of sp³-hybridized carbons (Fsp3) is 0.143. The summed E-state index contributed by atoms with van der Waals surface area (Å²) >= 11 is 0. The highest BCUT2D eigenvalue weighted by molar-refractivity contribution is 7.39. The molecule has 11 heavy (non-hydrogen) atoms. The van der Waals surface area contributed by atoms with Crippen LogP contribution in [0.3, 0.4) is 0 Å². The molecule has 0 amide bonds. The standard InChI is InChI=1S/C7H9NO2P/c8-6-11(9)10-7-4-2-1-3-5-7/h1-5H,6,8H2/q+1. The summed E-state index contributed by atoms with van der Waals surface area (Å²) in [4.78, 5) is 0. The fourth-order valence-corrected chi connectivity index (χ4v) is 1.07. The van der Waals surface area contributed by atoms with Crippen LogP contribution in [0.25, 0.3) is 0 Å². The maximum Gasteiger partial charge on any atom is 0.571 e. The van der Waals surface area contributed by atoms with Gasteiger partial charge in [0.15, 0.2) is 5.75 Å². The summed E-state index contributed by atoms with van der Waals surface area (Å²) in [5.41, 5.74) is 5.11. The molecule has 0 bridgehead atoms. The maximum atomic E-state index is 10.8. The summed E-state index contributed by atoms with van der Waals surface area (Å²) in [5, 5.41) is 0. The van der Waals surface area contributed by atoms with Crippen molar-refractivity contribution in [3.05, 3.63) is 30.3 Å². The zero-order chi connectivity index (χ0) is 8.10. The Morgan fingerprint density at radius 3 is 2.55 bits per heavy atom. The van der Waals surface area contributed by atoms with Crippen molar-refractivity contribution in [1.29, 1.82) is 0 Å². The normalized spacial score (nSPS) is 10.8. The van der Waals surface area contributed by atoms with Crippen molar-refractivity contribution in [2.75, 3.05) is 6.29 Å². The summed E-state index contributed by atoms with van der Waals surface area (Å²) in [7, 11) is -1.73. The highest BCUT2D eigenvalue weighted by Crippen LogP contribution is 2.23. The van der Waals surface area contributed by atoms with Crippen LogP contribution in [0.4, 0.5) is 0 Å². The van der Waals surface area contributed by atoms with Gasteiger partial charge in [-0.05, 0) is 16.7 Å². The maximum absolute atomic E-state index is 10.8. The number of para-hydroxylation sites is 1. The molecule has 1 aromatic carbocycles. The summed E-state index contributed by atoms with van der Waals surface area (Å²) in [6.45, 7) is 0. The summed E-state index contributed by atoms with van der Waals surface area (Å²) < 4.78 is 15.7. The van der Waals surface area contributed by atoms with Crippen LogP contribution in [0, 0.1) is 0 Å². The van der Waals surface area contributed by atoms with Crippen LogP contribution in [-0.2, 0) is 4.57 Å². The van der Waals surface area contributed by atoms with Gasteiger partial charge in [0, 0.05) is 0 Å². The van der Waals surface area contributed by atoms with E-state index in [1.807, 2.05) is 18.2 Å². The first-order chi connectivity index (χ1) is 5.33. The van der Waals surface area contributed by atoms with E-state index in [-0.39, 0.29) is 6.29 Å². The number of hydrogen-bond donors (Lipinski definition) is 1. The first-order valence-corrected chi connectivity index (χ1v) is 4.57. The predicted octanol–water partition coefficient (Wildman–Crippen LogP) is 1.72. The minimum absolute atomic E-state index is 0.0597. The van der Waals surface area contributed by atoms with Gasteiger partial charge >= 0.3 is 8.03 Å². The molecule has 0 saturated carbocycles. The van der Waals surface area contributed by atoms with E-state index in [0.29, 0.717) is 5.75 Å². The molecular weight excluding hydrogens is 161 g/mol. The Balaban J connectivity index is 2.58. The Hall–Kier alpha value is -0.920. The lowest BCUT2D eigenvalue weighted by atomic mass is 10.3. The molecule has 0 aliphatic carbocycles. The second-order valence-corrected chi connectivity index (χ2v) is 3.13. The molecule has 1 rings (SSSR count). The lowest BCUT2D eigenvalue weighted by molar-refractivity contribution is 0.505. The van der Waals surface area contributed by atoms with E-state index in [4.69, 9.17) is 10.3 Å². The zero-order valence-corrected chi connectivity index (χ0v) is 6.83. The third-order valence-corrected chi connectivity index (χ3v) is 1.81. The van der Waals surface area contributed by atoms with Crippen molar-refractivity contribution in [3.63, 3.8) is 0 Å². The van der Waals surface area contributed by atoms with Crippen LogP contribution in [0.15, 0.2) is 30.3 Å². The molecule has 2 N–H and O–H groups in total. The van der Waals surface area contributed by atoms with Gasteiger partial charge in [-0.25, -0.2) is 0 Å². The topological polar surface area (TPSA) is 52.3 Å². The van der Waals surface area contributed by atoms with Crippen LogP contribution < -0.4 is 10.3 Å². The van der Waals surface area contributed by atoms with E-state index in [9.17, 15) is 4.57 Å². The largest absolute Gasteiger partial charge is 0.571 e. The van der Waals surface area contributed by atoms with Crippen LogP contribution in [0.5, 0.6) is 5.75 Å². The molecule has 3 nitrogen and oxygen atoms in total. The highest BCUT2D eigenvalue weighted by Gasteiger charge is 2.14. The van der Waals surface area contributed by atoms with Gasteiger partial charge in [-0.1, -0.05) is 18.2 Å². The minimum atomic E-state index is -1.73. The van der Waals surface area contributed by atoms with Crippen LogP contribution in [0.2, 0.25) is 0 Å². The Kier molecular flexibility index (Phi) is 3.02. The molecule has 1 atom stereocenters. The van der Waals surface area contributed by atoms with Crippen molar-refractivity contribution in [3.8, 4) is 5.75 Å². The third-order valence-electron chi connectivity index (χ3n) is 1.10. The van der Waals surface area contributed by atoms with E-state index in [0.717, 1.165) is 0 Å². The van der Waals surface area contributed by atoms with Gasteiger partial charge in [-0.15, -0.1) is 0 Å². The average molecular weight is 170 g/mol. The quantitative estimate of drug-likeness (QED) is 0.702. The number of hydrogen-bond acceptors (Lipinski definition) is 3. The summed E-state index contributed by atoms with van der Waals surface area (Å²) in [6, 6.07) is 8.97. The number of benzene rings is 1. The second kappa shape index (κ2) is 4.06. The van der Waals surface area contributed by atoms with Gasteiger partial charge in [0.2, 0.25) is 6.29 Å². The van der Waals surface area contributed by atoms with Gasteiger partial charge in [0.05, 0.1) is 0 Å². The molecule has 4 heteroatoms. The molecule has 0 radical (unpaired) electrons. The van der Waals surface area contributed by atoms with Gasteiger partial charge in [0.25, 0.3) is 0 Å². The Labute approximate surface area is 66.0 Å². The monoisotopic (exact) mass is 170 g/mol. The van der Waals surface area contributed by atoms with Gasteiger partial charge in [-0.3, -0.25) is 10.3 Å². The minimum Gasteiger partial charge on any atom is -0.287 e. The molecule has 0 saturated heterocycles. The molecule has 0 fully saturated rings. The van der Waals surface area contributed by atoms with Gasteiger partial charge in [-0.2, -0.15) is 0 Å². The number of nitrogens with two attached hydrogens (primary N) is 1. The van der Waals surface area contributed by atoms with Crippen LogP contribution >= 0.6 is 8.03 Å². The average Bonchev–Trinajstić information content (AvgIpc) is 2.06. The Morgan fingerprint density at radius 2 is 2.00 bits per heavy atom.